The van der Waals surface area contributed by atoms with Crippen LogP contribution in [0.1, 0.15) is 33.7 Å². The van der Waals surface area contributed by atoms with Crippen LogP contribution in [0, 0.1) is 6.92 Å². The molecule has 2 N–H and O–H groups in total. The van der Waals surface area contributed by atoms with Gasteiger partial charge in [0.05, 0.1) is 5.69 Å². The van der Waals surface area contributed by atoms with Crippen molar-refractivity contribution in [2.45, 2.75) is 26.8 Å². The molecule has 3 nitrogen and oxygen atoms in total. The average molecular weight is 184 g/mol. The van der Waals surface area contributed by atoms with Gasteiger partial charge in [-0.25, -0.2) is 4.98 Å². The molecule has 0 saturated carbocycles. The van der Waals surface area contributed by atoms with Crippen LogP contribution in [0.25, 0.3) is 0 Å². The van der Waals surface area contributed by atoms with Gasteiger partial charge in [-0.3, -0.25) is 4.79 Å². The molecule has 0 aliphatic heterocycles. The number of nitrogens with two attached hydrogens (primary N) is 1. The normalized spacial score (nSPS) is 10.2. The van der Waals surface area contributed by atoms with E-state index in [0.717, 1.165) is 10.6 Å². The zero-order chi connectivity index (χ0) is 9.14. The van der Waals surface area contributed by atoms with Gasteiger partial charge >= 0.3 is 0 Å². The van der Waals surface area contributed by atoms with Gasteiger partial charge in [0.1, 0.15) is 0 Å². The number of ketones is 1. The molecule has 1 aromatic heterocycles. The average Bonchev–Trinajstić information content (AvgIpc) is 2.45. The van der Waals surface area contributed by atoms with E-state index in [1.165, 1.54) is 11.3 Å². The van der Waals surface area contributed by atoms with E-state index in [1.807, 2.05) is 13.8 Å². The number of carbonyl (C=O) groups excluding carboxylic acids is 1. The molecule has 1 aromatic rings. The fraction of sp³-hybridized carbons (Fsp3) is 0.500. The molecule has 4 heteroatoms. The number of aryl methyl sites for hydroxylation is 1. The Morgan fingerprint density at radius 1 is 1.67 bits per heavy atom. The van der Waals surface area contributed by atoms with Crippen molar-refractivity contribution in [2.75, 3.05) is 0 Å². The quantitative estimate of drug-likeness (QED) is 0.724. The molecule has 0 aliphatic rings. The van der Waals surface area contributed by atoms with Crippen LogP contribution in [0.5, 0.6) is 0 Å². The van der Waals surface area contributed by atoms with Crippen LogP contribution >= 0.6 is 11.3 Å². The molecule has 0 unspecified atom stereocenters. The zero-order valence-electron chi connectivity index (χ0n) is 7.26. The predicted molar refractivity (Wildman–Crippen MR) is 49.4 cm³/mol. The summed E-state index contributed by atoms with van der Waals surface area (Å²) in [6.07, 6.45) is 0.511. The molecule has 0 aliphatic carbocycles. The lowest BCUT2D eigenvalue weighted by Gasteiger charge is -1.86. The van der Waals surface area contributed by atoms with Crippen molar-refractivity contribution in [3.8, 4) is 0 Å². The fourth-order valence-electron chi connectivity index (χ4n) is 0.888. The zero-order valence-corrected chi connectivity index (χ0v) is 8.07. The SMILES string of the molecule is CCC(=O)c1nc(C)c(CN)s1. The number of thiazole rings is 1. The van der Waals surface area contributed by atoms with Gasteiger partial charge in [0.15, 0.2) is 10.8 Å². The standard InChI is InChI=1S/C8H12N2OS/c1-3-6(11)8-10-5(2)7(4-9)12-8/h3-4,9H2,1-2H3. The second-order valence-electron chi connectivity index (χ2n) is 2.51. The fourth-order valence-corrected chi connectivity index (χ4v) is 1.84. The molecule has 0 amide bonds. The number of hydrogen-bond donors (Lipinski definition) is 1. The van der Waals surface area contributed by atoms with E-state index in [0.29, 0.717) is 18.0 Å². The third kappa shape index (κ3) is 1.70. The molecule has 12 heavy (non-hydrogen) atoms. The molecule has 0 spiro atoms. The van der Waals surface area contributed by atoms with E-state index in [1.54, 1.807) is 0 Å². The lowest BCUT2D eigenvalue weighted by molar-refractivity contribution is 0.0987. The van der Waals surface area contributed by atoms with Gasteiger partial charge in [-0.1, -0.05) is 6.92 Å². The van der Waals surface area contributed by atoms with Gasteiger partial charge in [-0.2, -0.15) is 0 Å². The number of carbonyl (C=O) groups is 1. The van der Waals surface area contributed by atoms with Crippen molar-refractivity contribution < 1.29 is 4.79 Å². The van der Waals surface area contributed by atoms with Crippen molar-refractivity contribution >= 4 is 17.1 Å². The molecule has 1 heterocycles. The minimum Gasteiger partial charge on any atom is -0.326 e. The van der Waals surface area contributed by atoms with E-state index >= 15 is 0 Å². The Morgan fingerprint density at radius 3 is 2.75 bits per heavy atom. The van der Waals surface area contributed by atoms with Gasteiger partial charge in [0.25, 0.3) is 0 Å². The summed E-state index contributed by atoms with van der Waals surface area (Å²) < 4.78 is 0. The van der Waals surface area contributed by atoms with Gasteiger partial charge in [0.2, 0.25) is 0 Å². The molecule has 0 radical (unpaired) electrons. The number of Topliss-reactive ketones (excluding diaryl/α,β-unsaturated/α-hetero) is 1. The van der Waals surface area contributed by atoms with Gasteiger partial charge in [-0.05, 0) is 6.92 Å². The molecule has 0 aromatic carbocycles. The Bertz CT molecular complexity index is 293. The Balaban J connectivity index is 2.96. The van der Waals surface area contributed by atoms with Crippen LogP contribution < -0.4 is 5.73 Å². The molecule has 0 bridgehead atoms. The van der Waals surface area contributed by atoms with E-state index in [-0.39, 0.29) is 5.78 Å². The second-order valence-corrected chi connectivity index (χ2v) is 3.59. The van der Waals surface area contributed by atoms with Crippen LogP contribution in [0.3, 0.4) is 0 Å². The Morgan fingerprint density at radius 2 is 2.33 bits per heavy atom. The van der Waals surface area contributed by atoms with Crippen LogP contribution in [-0.4, -0.2) is 10.8 Å². The second kappa shape index (κ2) is 3.78. The first-order chi connectivity index (χ1) is 5.69. The summed E-state index contributed by atoms with van der Waals surface area (Å²) in [7, 11) is 0. The smallest absolute Gasteiger partial charge is 0.191 e. The van der Waals surface area contributed by atoms with Crippen LogP contribution in [-0.2, 0) is 6.54 Å². The molecule has 0 saturated heterocycles. The van der Waals surface area contributed by atoms with Crippen LogP contribution in [0.15, 0.2) is 0 Å². The topological polar surface area (TPSA) is 56.0 Å². The minimum absolute atomic E-state index is 0.0998. The van der Waals surface area contributed by atoms with E-state index in [4.69, 9.17) is 5.73 Å². The number of nitrogens with zero attached hydrogens (tertiary/aromatic N) is 1. The van der Waals surface area contributed by atoms with Crippen LogP contribution in [0.4, 0.5) is 0 Å². The summed E-state index contributed by atoms with van der Waals surface area (Å²) in [6.45, 7) is 4.19. The Kier molecular flexibility index (Phi) is 2.94. The summed E-state index contributed by atoms with van der Waals surface area (Å²) >= 11 is 1.41. The molecular formula is C8H12N2OS. The largest absolute Gasteiger partial charge is 0.326 e. The lowest BCUT2D eigenvalue weighted by Crippen LogP contribution is -1.94. The third-order valence-electron chi connectivity index (χ3n) is 1.64. The molecular weight excluding hydrogens is 172 g/mol. The Hall–Kier alpha value is -0.740. The number of hydrogen-bond acceptors (Lipinski definition) is 4. The highest BCUT2D eigenvalue weighted by atomic mass is 32.1. The van der Waals surface area contributed by atoms with E-state index in [2.05, 4.69) is 4.98 Å². The molecule has 0 atom stereocenters. The summed E-state index contributed by atoms with van der Waals surface area (Å²) in [4.78, 5) is 16.3. The highest BCUT2D eigenvalue weighted by Gasteiger charge is 2.11. The molecule has 0 fully saturated rings. The summed E-state index contributed by atoms with van der Waals surface area (Å²) in [6, 6.07) is 0. The number of rotatable bonds is 3. The van der Waals surface area contributed by atoms with Crippen LogP contribution in [0.2, 0.25) is 0 Å². The summed E-state index contributed by atoms with van der Waals surface area (Å²) in [5, 5.41) is 0.593. The first-order valence-electron chi connectivity index (χ1n) is 3.88. The first-order valence-corrected chi connectivity index (χ1v) is 4.70. The van der Waals surface area contributed by atoms with Gasteiger partial charge < -0.3 is 5.73 Å². The van der Waals surface area contributed by atoms with Gasteiger partial charge in [0, 0.05) is 17.8 Å². The lowest BCUT2D eigenvalue weighted by atomic mass is 10.3. The maximum absolute atomic E-state index is 11.2. The van der Waals surface area contributed by atoms with E-state index in [9.17, 15) is 4.79 Å². The highest BCUT2D eigenvalue weighted by molar-refractivity contribution is 7.13. The van der Waals surface area contributed by atoms with Crippen molar-refractivity contribution in [3.05, 3.63) is 15.6 Å². The van der Waals surface area contributed by atoms with Crippen molar-refractivity contribution in [3.63, 3.8) is 0 Å². The maximum atomic E-state index is 11.2. The summed E-state index contributed by atoms with van der Waals surface area (Å²) in [5.41, 5.74) is 6.35. The monoisotopic (exact) mass is 184 g/mol. The number of aromatic nitrogens is 1. The molecule has 1 rings (SSSR count). The molecule has 66 valence electrons. The van der Waals surface area contributed by atoms with Crippen molar-refractivity contribution in [2.24, 2.45) is 5.73 Å². The summed E-state index contributed by atoms with van der Waals surface area (Å²) in [5.74, 6) is 0.0998. The Labute approximate surface area is 75.6 Å². The van der Waals surface area contributed by atoms with E-state index < -0.39 is 0 Å². The van der Waals surface area contributed by atoms with Gasteiger partial charge in [-0.15, -0.1) is 11.3 Å². The predicted octanol–water partition coefficient (Wildman–Crippen LogP) is 1.50. The highest BCUT2D eigenvalue weighted by Crippen LogP contribution is 2.18. The minimum atomic E-state index is 0.0998. The van der Waals surface area contributed by atoms with Crippen molar-refractivity contribution in [1.82, 2.24) is 4.98 Å². The van der Waals surface area contributed by atoms with Crippen molar-refractivity contribution in [1.29, 1.82) is 0 Å². The maximum Gasteiger partial charge on any atom is 0.191 e. The first kappa shape index (κ1) is 9.35. The third-order valence-corrected chi connectivity index (χ3v) is 2.86.